The zero-order chi connectivity index (χ0) is 25.7. The van der Waals surface area contributed by atoms with Crippen molar-refractivity contribution in [3.63, 3.8) is 0 Å². The third-order valence-electron chi connectivity index (χ3n) is 6.64. The molecule has 0 saturated heterocycles. The molecule has 0 radical (unpaired) electrons. The van der Waals surface area contributed by atoms with E-state index < -0.39 is 5.97 Å². The second kappa shape index (κ2) is 11.6. The molecule has 3 heterocycles. The number of aromatic nitrogens is 2. The summed E-state index contributed by atoms with van der Waals surface area (Å²) < 4.78 is 13.0. The number of rotatable bonds is 7. The molecule has 3 N–H and O–H groups in total. The molecule has 3 aromatic rings. The highest BCUT2D eigenvalue weighted by Crippen LogP contribution is 2.38. The molecule has 8 nitrogen and oxygen atoms in total. The minimum absolute atomic E-state index is 0.211. The first-order valence-corrected chi connectivity index (χ1v) is 13.3. The van der Waals surface area contributed by atoms with Crippen molar-refractivity contribution in [1.29, 1.82) is 0 Å². The molecular weight excluding hydrogens is 478 g/mol. The van der Waals surface area contributed by atoms with Crippen LogP contribution in [0.4, 0.5) is 0 Å². The van der Waals surface area contributed by atoms with E-state index in [1.807, 2.05) is 37.4 Å². The van der Waals surface area contributed by atoms with E-state index in [1.165, 1.54) is 32.1 Å². The van der Waals surface area contributed by atoms with E-state index in [1.54, 1.807) is 17.4 Å². The number of thiazole rings is 1. The largest absolute Gasteiger partial charge is 0.478 e. The van der Waals surface area contributed by atoms with Crippen molar-refractivity contribution >= 4 is 23.2 Å². The van der Waals surface area contributed by atoms with Gasteiger partial charge in [-0.05, 0) is 56.4 Å². The van der Waals surface area contributed by atoms with Gasteiger partial charge in [0.15, 0.2) is 11.5 Å². The number of nitrogens with zero attached hydrogens (tertiary/aromatic N) is 2. The lowest BCUT2D eigenvalue weighted by Gasteiger charge is -2.24. The quantitative estimate of drug-likeness (QED) is 0.410. The maximum atomic E-state index is 11.8. The number of carboxylic acids is 1. The highest BCUT2D eigenvalue weighted by atomic mass is 32.1. The van der Waals surface area contributed by atoms with Gasteiger partial charge in [0.2, 0.25) is 12.7 Å². The summed E-state index contributed by atoms with van der Waals surface area (Å²) in [5, 5.41) is 12.6. The van der Waals surface area contributed by atoms with E-state index in [9.17, 15) is 14.7 Å². The van der Waals surface area contributed by atoms with Crippen LogP contribution in [0.25, 0.3) is 22.0 Å². The second-order valence-corrected chi connectivity index (χ2v) is 10.1. The molecule has 36 heavy (non-hydrogen) atoms. The van der Waals surface area contributed by atoms with Crippen LogP contribution < -0.4 is 15.2 Å². The summed E-state index contributed by atoms with van der Waals surface area (Å²) in [4.78, 5) is 26.5. The third kappa shape index (κ3) is 5.90. The van der Waals surface area contributed by atoms with Gasteiger partial charge in [-0.2, -0.15) is 0 Å². The molecule has 0 unspecified atom stereocenters. The normalized spacial score (nSPS) is 14.8. The molecule has 0 spiro atoms. The van der Waals surface area contributed by atoms with E-state index in [2.05, 4.69) is 4.57 Å². The molecule has 5 rings (SSSR count). The van der Waals surface area contributed by atoms with Gasteiger partial charge in [-0.3, -0.25) is 4.79 Å². The van der Waals surface area contributed by atoms with Gasteiger partial charge in [-0.25, -0.2) is 9.78 Å². The topological polar surface area (TPSA) is 117 Å². The zero-order valence-electron chi connectivity index (χ0n) is 20.8. The van der Waals surface area contributed by atoms with Gasteiger partial charge in [0.25, 0.3) is 0 Å². The number of fused-ring (bicyclic) bond motifs is 1. The van der Waals surface area contributed by atoms with E-state index in [-0.39, 0.29) is 12.7 Å². The van der Waals surface area contributed by atoms with Crippen molar-refractivity contribution < 1.29 is 24.2 Å². The standard InChI is InChI=1S/C23H24N2O4S.C4H9NO/c1-14-17(23(26)27)10-19(25(14)11-15-5-3-2-4-6-15)18-12-30-22(24-18)16-7-8-20-21(9-16)29-13-28-20;1-2-3-4(5)6/h7-10,12,15H,2-6,11,13H2,1H3,(H,26,27);2-3H2,1H3,(H2,5,6). The molecule has 0 atom stereocenters. The summed E-state index contributed by atoms with van der Waals surface area (Å²) in [6.07, 6.45) is 7.61. The monoisotopic (exact) mass is 511 g/mol. The van der Waals surface area contributed by atoms with Crippen molar-refractivity contribution in [3.05, 3.63) is 40.9 Å². The molecule has 192 valence electrons. The minimum atomic E-state index is -0.887. The number of hydrogen-bond acceptors (Lipinski definition) is 6. The summed E-state index contributed by atoms with van der Waals surface area (Å²) in [5.41, 5.74) is 8.60. The third-order valence-corrected chi connectivity index (χ3v) is 7.54. The number of hydrogen-bond donors (Lipinski definition) is 2. The number of amides is 1. The molecule has 0 bridgehead atoms. The Morgan fingerprint density at radius 1 is 1.17 bits per heavy atom. The van der Waals surface area contributed by atoms with Crippen LogP contribution >= 0.6 is 11.3 Å². The van der Waals surface area contributed by atoms with E-state index in [4.69, 9.17) is 20.2 Å². The van der Waals surface area contributed by atoms with Gasteiger partial charge >= 0.3 is 5.97 Å². The van der Waals surface area contributed by atoms with E-state index in [0.29, 0.717) is 17.9 Å². The molecule has 1 aliphatic heterocycles. The van der Waals surface area contributed by atoms with E-state index in [0.717, 1.165) is 52.1 Å². The molecule has 1 saturated carbocycles. The first-order chi connectivity index (χ1) is 17.4. The molecule has 1 fully saturated rings. The predicted octanol–water partition coefficient (Wildman–Crippen LogP) is 5.87. The van der Waals surface area contributed by atoms with Crippen LogP contribution in [-0.2, 0) is 11.3 Å². The minimum Gasteiger partial charge on any atom is -0.478 e. The number of carbonyl (C=O) groups excluding carboxylic acids is 1. The maximum Gasteiger partial charge on any atom is 0.337 e. The summed E-state index contributed by atoms with van der Waals surface area (Å²) in [5.74, 6) is 0.977. The fourth-order valence-electron chi connectivity index (χ4n) is 4.74. The molecule has 9 heteroatoms. The van der Waals surface area contributed by atoms with Crippen LogP contribution in [0.15, 0.2) is 29.6 Å². The van der Waals surface area contributed by atoms with Crippen LogP contribution in [0.5, 0.6) is 11.5 Å². The SMILES string of the molecule is CCCC(N)=O.Cc1c(C(=O)O)cc(-c2csc(-c3ccc4c(c3)OCO4)n2)n1CC1CCCCC1. The van der Waals surface area contributed by atoms with Gasteiger partial charge in [0.05, 0.1) is 17.0 Å². The zero-order valence-corrected chi connectivity index (χ0v) is 21.6. The number of carboxylic acid groups (broad SMARTS) is 1. The van der Waals surface area contributed by atoms with Crippen molar-refractivity contribution in [2.45, 2.75) is 65.3 Å². The fraction of sp³-hybridized carbons (Fsp3) is 0.444. The van der Waals surface area contributed by atoms with Gasteiger partial charge in [-0.15, -0.1) is 11.3 Å². The van der Waals surface area contributed by atoms with Crippen LogP contribution in [0.1, 0.15) is 67.9 Å². The highest BCUT2D eigenvalue weighted by molar-refractivity contribution is 7.13. The Morgan fingerprint density at radius 2 is 1.92 bits per heavy atom. The molecule has 1 aliphatic carbocycles. The fourth-order valence-corrected chi connectivity index (χ4v) is 5.55. The van der Waals surface area contributed by atoms with Crippen LogP contribution in [0.2, 0.25) is 0 Å². The number of nitrogens with two attached hydrogens (primary N) is 1. The Hall–Kier alpha value is -3.33. The number of primary amides is 1. The molecule has 2 aliphatic rings. The lowest BCUT2D eigenvalue weighted by molar-refractivity contribution is -0.118. The number of aromatic carboxylic acids is 1. The first-order valence-electron chi connectivity index (χ1n) is 12.4. The Balaban J connectivity index is 0.000000455. The lowest BCUT2D eigenvalue weighted by atomic mass is 9.89. The van der Waals surface area contributed by atoms with Gasteiger partial charge in [-0.1, -0.05) is 26.2 Å². The average Bonchev–Trinajstić information content (AvgIpc) is 3.59. The number of benzene rings is 1. The van der Waals surface area contributed by atoms with Crippen LogP contribution in [0, 0.1) is 12.8 Å². The van der Waals surface area contributed by atoms with Gasteiger partial charge < -0.3 is 24.9 Å². The summed E-state index contributed by atoms with van der Waals surface area (Å²) in [6, 6.07) is 7.60. The Kier molecular flexibility index (Phi) is 8.30. The number of ether oxygens (including phenoxy) is 2. The van der Waals surface area contributed by atoms with Crippen molar-refractivity contribution in [2.75, 3.05) is 6.79 Å². The predicted molar refractivity (Wildman–Crippen MR) is 139 cm³/mol. The van der Waals surface area contributed by atoms with Crippen LogP contribution in [-0.4, -0.2) is 33.3 Å². The first kappa shape index (κ1) is 25.8. The van der Waals surface area contributed by atoms with Crippen molar-refractivity contribution in [2.24, 2.45) is 11.7 Å². The number of carbonyl (C=O) groups is 2. The van der Waals surface area contributed by atoms with Gasteiger partial charge in [0, 0.05) is 29.6 Å². The molecule has 1 amide bonds. The summed E-state index contributed by atoms with van der Waals surface area (Å²) in [6.45, 7) is 4.92. The Bertz CT molecular complexity index is 1230. The Labute approximate surface area is 215 Å². The highest BCUT2D eigenvalue weighted by Gasteiger charge is 2.23. The smallest absolute Gasteiger partial charge is 0.337 e. The van der Waals surface area contributed by atoms with E-state index >= 15 is 0 Å². The van der Waals surface area contributed by atoms with Crippen molar-refractivity contribution in [3.8, 4) is 33.5 Å². The lowest BCUT2D eigenvalue weighted by Crippen LogP contribution is -2.16. The maximum absolute atomic E-state index is 11.8. The Morgan fingerprint density at radius 3 is 2.58 bits per heavy atom. The molecule has 2 aromatic heterocycles. The summed E-state index contributed by atoms with van der Waals surface area (Å²) >= 11 is 1.55. The molecule has 1 aromatic carbocycles. The molecular formula is C27H33N3O5S. The summed E-state index contributed by atoms with van der Waals surface area (Å²) in [7, 11) is 0. The van der Waals surface area contributed by atoms with Crippen molar-refractivity contribution in [1.82, 2.24) is 9.55 Å². The van der Waals surface area contributed by atoms with Gasteiger partial charge in [0.1, 0.15) is 5.01 Å². The second-order valence-electron chi connectivity index (χ2n) is 9.27. The van der Waals surface area contributed by atoms with Crippen LogP contribution in [0.3, 0.4) is 0 Å². The average molecular weight is 512 g/mol.